The van der Waals surface area contributed by atoms with Crippen LogP contribution in [0.2, 0.25) is 0 Å². The van der Waals surface area contributed by atoms with E-state index in [2.05, 4.69) is 52.2 Å². The van der Waals surface area contributed by atoms with Gasteiger partial charge in [-0.15, -0.1) is 0 Å². The Labute approximate surface area is 98.1 Å². The Balaban J connectivity index is 2.25. The third-order valence-corrected chi connectivity index (χ3v) is 3.43. The van der Waals surface area contributed by atoms with Crippen LogP contribution in [0.3, 0.4) is 0 Å². The standard InChI is InChI=1S/C12H13BrN2/c1-10(9-13)11-3-5-12(6-4-11)15-8-2-7-14-15/h2-8,10H,9H2,1H3. The first-order valence-electron chi connectivity index (χ1n) is 4.97. The van der Waals surface area contributed by atoms with E-state index >= 15 is 0 Å². The van der Waals surface area contributed by atoms with E-state index < -0.39 is 0 Å². The van der Waals surface area contributed by atoms with E-state index in [1.807, 2.05) is 16.9 Å². The van der Waals surface area contributed by atoms with E-state index in [1.165, 1.54) is 5.56 Å². The lowest BCUT2D eigenvalue weighted by atomic mass is 10.0. The molecule has 2 aromatic rings. The van der Waals surface area contributed by atoms with Crippen LogP contribution in [0.4, 0.5) is 0 Å². The number of hydrogen-bond donors (Lipinski definition) is 0. The summed E-state index contributed by atoms with van der Waals surface area (Å²) in [6.07, 6.45) is 3.73. The quantitative estimate of drug-likeness (QED) is 0.778. The molecule has 0 aliphatic heterocycles. The average molecular weight is 265 g/mol. The van der Waals surface area contributed by atoms with Gasteiger partial charge in [0.1, 0.15) is 0 Å². The summed E-state index contributed by atoms with van der Waals surface area (Å²) >= 11 is 3.49. The van der Waals surface area contributed by atoms with E-state index in [1.54, 1.807) is 6.20 Å². The molecule has 0 N–H and O–H groups in total. The maximum absolute atomic E-state index is 4.19. The minimum atomic E-state index is 0.552. The molecule has 0 amide bonds. The van der Waals surface area contributed by atoms with Gasteiger partial charge in [0, 0.05) is 17.7 Å². The van der Waals surface area contributed by atoms with Crippen LogP contribution < -0.4 is 0 Å². The van der Waals surface area contributed by atoms with Gasteiger partial charge in [-0.1, -0.05) is 35.0 Å². The molecule has 1 unspecified atom stereocenters. The molecule has 0 saturated heterocycles. The van der Waals surface area contributed by atoms with E-state index in [0.717, 1.165) is 11.0 Å². The van der Waals surface area contributed by atoms with Crippen LogP contribution in [0.25, 0.3) is 5.69 Å². The highest BCUT2D eigenvalue weighted by molar-refractivity contribution is 9.09. The molecule has 0 spiro atoms. The summed E-state index contributed by atoms with van der Waals surface area (Å²) in [5.74, 6) is 0.552. The molecule has 2 rings (SSSR count). The van der Waals surface area contributed by atoms with Gasteiger partial charge in [0.15, 0.2) is 0 Å². The van der Waals surface area contributed by atoms with Crippen molar-refractivity contribution >= 4 is 15.9 Å². The molecular weight excluding hydrogens is 252 g/mol. The second kappa shape index (κ2) is 4.62. The van der Waals surface area contributed by atoms with Crippen molar-refractivity contribution in [2.24, 2.45) is 0 Å². The number of rotatable bonds is 3. The number of hydrogen-bond acceptors (Lipinski definition) is 1. The van der Waals surface area contributed by atoms with Crippen LogP contribution in [-0.4, -0.2) is 15.1 Å². The highest BCUT2D eigenvalue weighted by Crippen LogP contribution is 2.18. The largest absolute Gasteiger partial charge is 0.241 e. The zero-order chi connectivity index (χ0) is 10.7. The van der Waals surface area contributed by atoms with Crippen LogP contribution >= 0.6 is 15.9 Å². The molecular formula is C12H13BrN2. The van der Waals surface area contributed by atoms with Crippen LogP contribution in [0.15, 0.2) is 42.7 Å². The van der Waals surface area contributed by atoms with Gasteiger partial charge in [0.05, 0.1) is 5.69 Å². The van der Waals surface area contributed by atoms with Crippen molar-refractivity contribution in [3.63, 3.8) is 0 Å². The summed E-state index contributed by atoms with van der Waals surface area (Å²) < 4.78 is 1.86. The smallest absolute Gasteiger partial charge is 0.0645 e. The molecule has 0 radical (unpaired) electrons. The fourth-order valence-corrected chi connectivity index (χ4v) is 1.84. The van der Waals surface area contributed by atoms with Crippen molar-refractivity contribution in [1.82, 2.24) is 9.78 Å². The molecule has 1 aromatic carbocycles. The van der Waals surface area contributed by atoms with E-state index in [9.17, 15) is 0 Å². The Morgan fingerprint density at radius 3 is 2.60 bits per heavy atom. The minimum Gasteiger partial charge on any atom is -0.241 e. The van der Waals surface area contributed by atoms with Crippen molar-refractivity contribution in [3.8, 4) is 5.69 Å². The van der Waals surface area contributed by atoms with E-state index in [4.69, 9.17) is 0 Å². The zero-order valence-electron chi connectivity index (χ0n) is 8.60. The van der Waals surface area contributed by atoms with Crippen molar-refractivity contribution in [2.75, 3.05) is 5.33 Å². The first-order chi connectivity index (χ1) is 7.31. The van der Waals surface area contributed by atoms with Gasteiger partial charge in [-0.2, -0.15) is 5.10 Å². The van der Waals surface area contributed by atoms with E-state index in [0.29, 0.717) is 5.92 Å². The maximum atomic E-state index is 4.19. The molecule has 0 saturated carbocycles. The highest BCUT2D eigenvalue weighted by atomic mass is 79.9. The number of alkyl halides is 1. The Kier molecular flexibility index (Phi) is 3.21. The monoisotopic (exact) mass is 264 g/mol. The van der Waals surface area contributed by atoms with Gasteiger partial charge < -0.3 is 0 Å². The van der Waals surface area contributed by atoms with Crippen molar-refractivity contribution in [3.05, 3.63) is 48.3 Å². The number of benzene rings is 1. The lowest BCUT2D eigenvalue weighted by molar-refractivity contribution is 0.864. The molecule has 0 aliphatic rings. The fraction of sp³-hybridized carbons (Fsp3) is 0.250. The van der Waals surface area contributed by atoms with E-state index in [-0.39, 0.29) is 0 Å². The van der Waals surface area contributed by atoms with Crippen LogP contribution in [-0.2, 0) is 0 Å². The Bertz CT molecular complexity index is 406. The molecule has 1 aromatic heterocycles. The lowest BCUT2D eigenvalue weighted by Crippen LogP contribution is -1.97. The second-order valence-corrected chi connectivity index (χ2v) is 4.24. The SMILES string of the molecule is CC(CBr)c1ccc(-n2cccn2)cc1. The fourth-order valence-electron chi connectivity index (χ4n) is 1.47. The molecule has 1 atom stereocenters. The first-order valence-corrected chi connectivity index (χ1v) is 6.09. The Morgan fingerprint density at radius 2 is 2.07 bits per heavy atom. The summed E-state index contributed by atoms with van der Waals surface area (Å²) in [4.78, 5) is 0. The Hall–Kier alpha value is -1.09. The summed E-state index contributed by atoms with van der Waals surface area (Å²) in [5.41, 5.74) is 2.45. The molecule has 0 aliphatic carbocycles. The summed E-state index contributed by atoms with van der Waals surface area (Å²) in [6, 6.07) is 10.4. The van der Waals surface area contributed by atoms with Crippen molar-refractivity contribution in [1.29, 1.82) is 0 Å². The van der Waals surface area contributed by atoms with Crippen LogP contribution in [0, 0.1) is 0 Å². The average Bonchev–Trinajstić information content (AvgIpc) is 2.82. The summed E-state index contributed by atoms with van der Waals surface area (Å²) in [5, 5.41) is 5.18. The molecule has 15 heavy (non-hydrogen) atoms. The van der Waals surface area contributed by atoms with Crippen LogP contribution in [0.5, 0.6) is 0 Å². The third-order valence-electron chi connectivity index (χ3n) is 2.46. The molecule has 1 heterocycles. The van der Waals surface area contributed by atoms with Gasteiger partial charge in [-0.25, -0.2) is 4.68 Å². The summed E-state index contributed by atoms with van der Waals surface area (Å²) in [7, 11) is 0. The molecule has 0 fully saturated rings. The summed E-state index contributed by atoms with van der Waals surface area (Å²) in [6.45, 7) is 2.21. The molecule has 78 valence electrons. The first kappa shape index (κ1) is 10.4. The highest BCUT2D eigenvalue weighted by Gasteiger charge is 2.03. The van der Waals surface area contributed by atoms with Crippen molar-refractivity contribution < 1.29 is 0 Å². The topological polar surface area (TPSA) is 17.8 Å². The van der Waals surface area contributed by atoms with Gasteiger partial charge in [-0.3, -0.25) is 0 Å². The Morgan fingerprint density at radius 1 is 1.33 bits per heavy atom. The van der Waals surface area contributed by atoms with Gasteiger partial charge in [0.2, 0.25) is 0 Å². The minimum absolute atomic E-state index is 0.552. The van der Waals surface area contributed by atoms with Gasteiger partial charge in [0.25, 0.3) is 0 Å². The van der Waals surface area contributed by atoms with Crippen LogP contribution in [0.1, 0.15) is 18.4 Å². The molecule has 0 bridgehead atoms. The lowest BCUT2D eigenvalue weighted by Gasteiger charge is -2.08. The maximum Gasteiger partial charge on any atom is 0.0645 e. The van der Waals surface area contributed by atoms with Crippen molar-refractivity contribution in [2.45, 2.75) is 12.8 Å². The normalized spacial score (nSPS) is 12.7. The third kappa shape index (κ3) is 2.29. The molecule has 2 nitrogen and oxygen atoms in total. The van der Waals surface area contributed by atoms with Gasteiger partial charge >= 0.3 is 0 Å². The molecule has 3 heteroatoms. The van der Waals surface area contributed by atoms with Gasteiger partial charge in [-0.05, 0) is 29.7 Å². The number of halogens is 1. The number of nitrogens with zero attached hydrogens (tertiary/aromatic N) is 2. The zero-order valence-corrected chi connectivity index (χ0v) is 10.2. The predicted octanol–water partition coefficient (Wildman–Crippen LogP) is 3.37. The number of aromatic nitrogens is 2. The predicted molar refractivity (Wildman–Crippen MR) is 65.8 cm³/mol. The second-order valence-electron chi connectivity index (χ2n) is 3.60.